The minimum Gasteiger partial charge on any atom is -0.341 e. The molecule has 112 valence electrons. The molecule has 0 aromatic carbocycles. The highest BCUT2D eigenvalue weighted by Gasteiger charge is 2.36. The number of piperidine rings is 1. The Morgan fingerprint density at radius 1 is 1.10 bits per heavy atom. The topological polar surface area (TPSA) is 40.6 Å². The molecule has 0 aromatic rings. The average Bonchev–Trinajstić information content (AvgIpc) is 3.02. The predicted octanol–water partition coefficient (Wildman–Crippen LogP) is 1.74. The van der Waals surface area contributed by atoms with Crippen LogP contribution in [0.1, 0.15) is 38.5 Å². The second-order valence-corrected chi connectivity index (χ2v) is 7.38. The van der Waals surface area contributed by atoms with Crippen molar-refractivity contribution in [1.29, 1.82) is 0 Å². The second kappa shape index (κ2) is 6.37. The molecule has 0 spiro atoms. The molecule has 0 N–H and O–H groups in total. The van der Waals surface area contributed by atoms with Gasteiger partial charge in [-0.15, -0.1) is 0 Å². The van der Waals surface area contributed by atoms with Crippen molar-refractivity contribution in [1.82, 2.24) is 9.80 Å². The molecule has 0 bridgehead atoms. The zero-order valence-electron chi connectivity index (χ0n) is 12.1. The van der Waals surface area contributed by atoms with E-state index in [9.17, 15) is 9.59 Å². The van der Waals surface area contributed by atoms with Gasteiger partial charge in [0, 0.05) is 43.6 Å². The van der Waals surface area contributed by atoms with Gasteiger partial charge in [-0.25, -0.2) is 0 Å². The number of nitrogens with zero attached hydrogens (tertiary/aromatic N) is 2. The lowest BCUT2D eigenvalue weighted by atomic mass is 9.94. The van der Waals surface area contributed by atoms with Crippen LogP contribution >= 0.6 is 11.8 Å². The Bertz CT molecular complexity index is 376. The zero-order valence-corrected chi connectivity index (χ0v) is 12.9. The number of likely N-dealkylation sites (tertiary alicyclic amines) is 1. The molecular weight excluding hydrogens is 272 g/mol. The van der Waals surface area contributed by atoms with Gasteiger partial charge in [-0.05, 0) is 19.3 Å². The van der Waals surface area contributed by atoms with Crippen molar-refractivity contribution in [2.75, 3.05) is 31.1 Å². The van der Waals surface area contributed by atoms with Gasteiger partial charge in [-0.2, -0.15) is 11.8 Å². The van der Waals surface area contributed by atoms with Crippen LogP contribution in [0.25, 0.3) is 0 Å². The van der Waals surface area contributed by atoms with E-state index in [4.69, 9.17) is 0 Å². The average molecular weight is 296 g/mol. The van der Waals surface area contributed by atoms with Gasteiger partial charge in [-0.3, -0.25) is 9.59 Å². The first-order valence-corrected chi connectivity index (χ1v) is 9.07. The van der Waals surface area contributed by atoms with E-state index in [0.717, 1.165) is 43.9 Å². The summed E-state index contributed by atoms with van der Waals surface area (Å²) in [7, 11) is 0. The van der Waals surface area contributed by atoms with Crippen LogP contribution in [-0.2, 0) is 9.59 Å². The molecule has 2 heterocycles. The summed E-state index contributed by atoms with van der Waals surface area (Å²) >= 11 is 1.93. The quantitative estimate of drug-likeness (QED) is 0.779. The molecule has 0 unspecified atom stereocenters. The van der Waals surface area contributed by atoms with Gasteiger partial charge < -0.3 is 9.80 Å². The predicted molar refractivity (Wildman–Crippen MR) is 80.6 cm³/mol. The monoisotopic (exact) mass is 296 g/mol. The molecule has 3 fully saturated rings. The second-order valence-electron chi connectivity index (χ2n) is 6.16. The van der Waals surface area contributed by atoms with E-state index < -0.39 is 0 Å². The highest BCUT2D eigenvalue weighted by Crippen LogP contribution is 2.29. The van der Waals surface area contributed by atoms with Crippen LogP contribution < -0.4 is 0 Å². The van der Waals surface area contributed by atoms with E-state index in [2.05, 4.69) is 0 Å². The minimum atomic E-state index is 0.0522. The Hall–Kier alpha value is -0.710. The molecule has 0 aromatic heterocycles. The summed E-state index contributed by atoms with van der Waals surface area (Å²) in [6.07, 6.45) is 6.05. The summed E-state index contributed by atoms with van der Waals surface area (Å²) in [4.78, 5) is 28.8. The van der Waals surface area contributed by atoms with Gasteiger partial charge in [-0.1, -0.05) is 12.8 Å². The fraction of sp³-hybridized carbons (Fsp3) is 0.867. The van der Waals surface area contributed by atoms with Crippen molar-refractivity contribution >= 4 is 23.6 Å². The van der Waals surface area contributed by atoms with Crippen molar-refractivity contribution in [3.63, 3.8) is 0 Å². The maximum absolute atomic E-state index is 12.6. The van der Waals surface area contributed by atoms with E-state index in [1.165, 1.54) is 12.8 Å². The first-order valence-electron chi connectivity index (χ1n) is 7.91. The molecule has 2 aliphatic heterocycles. The molecule has 1 atom stereocenters. The van der Waals surface area contributed by atoms with Crippen LogP contribution in [0, 0.1) is 5.92 Å². The lowest BCUT2D eigenvalue weighted by Gasteiger charge is -2.38. The van der Waals surface area contributed by atoms with E-state index >= 15 is 0 Å². The van der Waals surface area contributed by atoms with E-state index in [1.54, 1.807) is 0 Å². The van der Waals surface area contributed by atoms with Gasteiger partial charge in [0.15, 0.2) is 0 Å². The fourth-order valence-electron chi connectivity index (χ4n) is 3.68. The number of amides is 2. The number of carbonyl (C=O) groups excluding carboxylic acids is 2. The minimum absolute atomic E-state index is 0.0522. The van der Waals surface area contributed by atoms with E-state index in [0.29, 0.717) is 24.9 Å². The third kappa shape index (κ3) is 2.97. The SMILES string of the molecule is O=C([C@H]1CCC(=O)N(C2CCCC2)C1)N1CCSCC1. The lowest BCUT2D eigenvalue weighted by molar-refractivity contribution is -0.144. The van der Waals surface area contributed by atoms with Crippen LogP contribution in [0.2, 0.25) is 0 Å². The molecular formula is C15H24N2O2S. The van der Waals surface area contributed by atoms with Gasteiger partial charge in [0.2, 0.25) is 11.8 Å². The molecule has 4 nitrogen and oxygen atoms in total. The number of hydrogen-bond donors (Lipinski definition) is 0. The largest absolute Gasteiger partial charge is 0.341 e. The van der Waals surface area contributed by atoms with Crippen LogP contribution in [0.4, 0.5) is 0 Å². The lowest BCUT2D eigenvalue weighted by Crippen LogP contribution is -2.51. The molecule has 5 heteroatoms. The summed E-state index contributed by atoms with van der Waals surface area (Å²) in [5.41, 5.74) is 0. The molecule has 1 saturated carbocycles. The summed E-state index contributed by atoms with van der Waals surface area (Å²) < 4.78 is 0. The Kier molecular flexibility index (Phi) is 4.54. The molecule has 1 aliphatic carbocycles. The van der Waals surface area contributed by atoms with Crippen LogP contribution in [-0.4, -0.2) is 58.8 Å². The number of rotatable bonds is 2. The third-order valence-corrected chi connectivity index (χ3v) is 5.82. The van der Waals surface area contributed by atoms with Gasteiger partial charge in [0.25, 0.3) is 0 Å². The fourth-order valence-corrected chi connectivity index (χ4v) is 4.59. The highest BCUT2D eigenvalue weighted by molar-refractivity contribution is 7.99. The van der Waals surface area contributed by atoms with Gasteiger partial charge >= 0.3 is 0 Å². The maximum atomic E-state index is 12.6. The summed E-state index contributed by atoms with van der Waals surface area (Å²) in [6.45, 7) is 2.45. The van der Waals surface area contributed by atoms with Crippen molar-refractivity contribution in [3.8, 4) is 0 Å². The molecule has 2 amide bonds. The molecule has 3 rings (SSSR count). The van der Waals surface area contributed by atoms with Gasteiger partial charge in [0.1, 0.15) is 0 Å². The summed E-state index contributed by atoms with van der Waals surface area (Å²) in [5, 5.41) is 0. The number of carbonyl (C=O) groups is 2. The van der Waals surface area contributed by atoms with Crippen molar-refractivity contribution in [2.24, 2.45) is 5.92 Å². The molecule has 3 aliphatic rings. The Balaban J connectivity index is 1.62. The smallest absolute Gasteiger partial charge is 0.227 e. The first-order chi connectivity index (χ1) is 9.75. The standard InChI is InChI=1S/C15H24N2O2S/c18-14-6-5-12(11-17(14)13-3-1-2-4-13)15(19)16-7-9-20-10-8-16/h12-13H,1-11H2/t12-/m0/s1. The normalized spacial score (nSPS) is 29.0. The molecule has 2 saturated heterocycles. The summed E-state index contributed by atoms with van der Waals surface area (Å²) in [5.74, 6) is 2.74. The van der Waals surface area contributed by atoms with Crippen molar-refractivity contribution in [2.45, 2.75) is 44.6 Å². The van der Waals surface area contributed by atoms with E-state index in [-0.39, 0.29) is 11.8 Å². The van der Waals surface area contributed by atoms with Crippen LogP contribution in [0.5, 0.6) is 0 Å². The first kappa shape index (κ1) is 14.2. The highest BCUT2D eigenvalue weighted by atomic mass is 32.2. The van der Waals surface area contributed by atoms with E-state index in [1.807, 2.05) is 21.6 Å². The Morgan fingerprint density at radius 3 is 2.50 bits per heavy atom. The molecule has 0 radical (unpaired) electrons. The van der Waals surface area contributed by atoms with Crippen LogP contribution in [0.3, 0.4) is 0 Å². The zero-order chi connectivity index (χ0) is 13.9. The maximum Gasteiger partial charge on any atom is 0.227 e. The Labute approximate surface area is 125 Å². The van der Waals surface area contributed by atoms with Crippen molar-refractivity contribution < 1.29 is 9.59 Å². The summed E-state index contributed by atoms with van der Waals surface area (Å²) in [6, 6.07) is 0.412. The number of hydrogen-bond acceptors (Lipinski definition) is 3. The number of thioether (sulfide) groups is 1. The Morgan fingerprint density at radius 2 is 1.80 bits per heavy atom. The third-order valence-electron chi connectivity index (χ3n) is 4.88. The molecule has 20 heavy (non-hydrogen) atoms. The van der Waals surface area contributed by atoms with Gasteiger partial charge in [0.05, 0.1) is 5.92 Å². The van der Waals surface area contributed by atoms with Crippen LogP contribution in [0.15, 0.2) is 0 Å². The van der Waals surface area contributed by atoms with Crippen molar-refractivity contribution in [3.05, 3.63) is 0 Å².